The predicted molar refractivity (Wildman–Crippen MR) is 131 cm³/mol. The largest absolute Gasteiger partial charge is 0.481 e. The molecule has 0 aliphatic heterocycles. The topological polar surface area (TPSA) is 91.7 Å². The zero-order valence-corrected chi connectivity index (χ0v) is 21.6. The molecule has 0 aromatic rings. The average molecular weight is 473 g/mol. The number of carboxylic acids is 1. The van der Waals surface area contributed by atoms with Gasteiger partial charge in [0, 0.05) is 18.3 Å². The molecule has 0 aromatic heterocycles. The van der Waals surface area contributed by atoms with Crippen molar-refractivity contribution in [2.45, 2.75) is 110 Å². The highest BCUT2D eigenvalue weighted by molar-refractivity contribution is 5.91. The zero-order valence-electron chi connectivity index (χ0n) is 21.6. The third-order valence-electron chi connectivity index (χ3n) is 11.0. The van der Waals surface area contributed by atoms with Gasteiger partial charge in [0.15, 0.2) is 11.6 Å². The minimum Gasteiger partial charge on any atom is -0.481 e. The highest BCUT2D eigenvalue weighted by Gasteiger charge is 2.66. The fraction of sp³-hybridized carbons (Fsp3) is 0.828. The molecule has 0 bridgehead atoms. The third-order valence-corrected chi connectivity index (χ3v) is 11.0. The van der Waals surface area contributed by atoms with Crippen LogP contribution >= 0.6 is 0 Å². The number of hydrogen-bond donors (Lipinski definition) is 2. The maximum atomic E-state index is 12.3. The normalized spacial score (nSPS) is 43.7. The Morgan fingerprint density at radius 2 is 1.68 bits per heavy atom. The first-order chi connectivity index (χ1) is 15.9. The number of aliphatic carboxylic acids is 1. The van der Waals surface area contributed by atoms with Crippen LogP contribution in [0.1, 0.15) is 105 Å². The van der Waals surface area contributed by atoms with E-state index in [1.807, 2.05) is 6.08 Å². The molecule has 7 atom stereocenters. The maximum absolute atomic E-state index is 12.3. The van der Waals surface area contributed by atoms with E-state index in [9.17, 15) is 19.5 Å². The molecule has 4 saturated carbocycles. The summed E-state index contributed by atoms with van der Waals surface area (Å²) in [5.41, 5.74) is 0.107. The molecule has 0 radical (unpaired) electrons. The van der Waals surface area contributed by atoms with Crippen LogP contribution in [0.15, 0.2) is 11.6 Å². The molecule has 0 aromatic carbocycles. The van der Waals surface area contributed by atoms with Gasteiger partial charge in [-0.25, -0.2) is 0 Å². The van der Waals surface area contributed by atoms with Gasteiger partial charge in [0.1, 0.15) is 5.60 Å². The van der Waals surface area contributed by atoms with E-state index in [4.69, 9.17) is 5.11 Å². The van der Waals surface area contributed by atoms with Crippen LogP contribution in [0.5, 0.6) is 0 Å². The quantitative estimate of drug-likeness (QED) is 0.547. The van der Waals surface area contributed by atoms with Crippen LogP contribution in [-0.4, -0.2) is 33.3 Å². The number of carboxylic acid groups (broad SMARTS) is 1. The second-order valence-corrected chi connectivity index (χ2v) is 12.7. The molecule has 5 rings (SSSR count). The predicted octanol–water partition coefficient (Wildman–Crippen LogP) is 5.74. The molecular formula is C29H44O5. The fourth-order valence-electron chi connectivity index (χ4n) is 9.04. The van der Waals surface area contributed by atoms with E-state index >= 15 is 0 Å². The van der Waals surface area contributed by atoms with Crippen molar-refractivity contribution in [3.63, 3.8) is 0 Å². The van der Waals surface area contributed by atoms with Crippen molar-refractivity contribution in [1.29, 1.82) is 0 Å². The van der Waals surface area contributed by atoms with Gasteiger partial charge in [-0.15, -0.1) is 0 Å². The Labute approximate surface area is 204 Å². The molecule has 0 amide bonds. The van der Waals surface area contributed by atoms with Gasteiger partial charge in [0.2, 0.25) is 0 Å². The van der Waals surface area contributed by atoms with Gasteiger partial charge in [-0.3, -0.25) is 14.4 Å². The number of allylic oxidation sites excluding steroid dienone is 1. The number of hydrogen-bond acceptors (Lipinski definition) is 4. The third kappa shape index (κ3) is 4.10. The minimum absolute atomic E-state index is 0.0464. The van der Waals surface area contributed by atoms with Gasteiger partial charge in [0.25, 0.3) is 0 Å². The van der Waals surface area contributed by atoms with Crippen LogP contribution in [-0.2, 0) is 14.4 Å². The lowest BCUT2D eigenvalue weighted by Gasteiger charge is -2.60. The van der Waals surface area contributed by atoms with Crippen molar-refractivity contribution in [3.05, 3.63) is 11.6 Å². The summed E-state index contributed by atoms with van der Waals surface area (Å²) in [5, 5.41) is 19.6. The molecule has 0 unspecified atom stereocenters. The van der Waals surface area contributed by atoms with Crippen molar-refractivity contribution in [3.8, 4) is 0 Å². The van der Waals surface area contributed by atoms with Crippen molar-refractivity contribution < 1.29 is 24.6 Å². The summed E-state index contributed by atoms with van der Waals surface area (Å²) in [5.74, 6) is 2.12. The van der Waals surface area contributed by atoms with Crippen molar-refractivity contribution in [1.82, 2.24) is 0 Å². The Kier molecular flexibility index (Phi) is 6.92. The second kappa shape index (κ2) is 9.19. The van der Waals surface area contributed by atoms with Crippen LogP contribution in [0.25, 0.3) is 0 Å². The second-order valence-electron chi connectivity index (χ2n) is 12.7. The number of aliphatic hydroxyl groups is 1. The number of carbonyl (C=O) groups excluding carboxylic acids is 2. The lowest BCUT2D eigenvalue weighted by atomic mass is 9.45. The first kappa shape index (κ1) is 25.6. The molecule has 0 heterocycles. The van der Waals surface area contributed by atoms with Crippen LogP contribution < -0.4 is 0 Å². The average Bonchev–Trinajstić information content (AvgIpc) is 3.36. The van der Waals surface area contributed by atoms with Gasteiger partial charge < -0.3 is 10.2 Å². The first-order valence-corrected chi connectivity index (χ1v) is 13.6. The van der Waals surface area contributed by atoms with Crippen LogP contribution in [0, 0.1) is 40.4 Å². The summed E-state index contributed by atoms with van der Waals surface area (Å²) in [7, 11) is 0. The highest BCUT2D eigenvalue weighted by Crippen LogP contribution is 2.68. The van der Waals surface area contributed by atoms with Crippen molar-refractivity contribution >= 4 is 17.5 Å². The number of fused-ring (bicyclic) bond motifs is 5. The Balaban J connectivity index is 0.000000257. The summed E-state index contributed by atoms with van der Waals surface area (Å²) in [4.78, 5) is 34.5. The molecule has 34 heavy (non-hydrogen) atoms. The molecule has 5 aliphatic rings. The van der Waals surface area contributed by atoms with Gasteiger partial charge >= 0.3 is 5.97 Å². The number of ketones is 2. The van der Waals surface area contributed by atoms with Crippen LogP contribution in [0.3, 0.4) is 0 Å². The fourth-order valence-corrected chi connectivity index (χ4v) is 9.04. The molecule has 0 saturated heterocycles. The number of Topliss-reactive ketones (excluding diaryl/α,β-unsaturated/α-hetero) is 1. The van der Waals surface area contributed by atoms with E-state index in [0.29, 0.717) is 54.6 Å². The van der Waals surface area contributed by atoms with Gasteiger partial charge in [-0.1, -0.05) is 39.2 Å². The van der Waals surface area contributed by atoms with Crippen LogP contribution in [0.2, 0.25) is 0 Å². The summed E-state index contributed by atoms with van der Waals surface area (Å²) >= 11 is 0. The molecule has 190 valence electrons. The van der Waals surface area contributed by atoms with E-state index in [0.717, 1.165) is 44.9 Å². The number of rotatable bonds is 3. The molecule has 0 spiro atoms. The SMILES string of the molecule is CC(=O)[C@@]1(O)CC[C@H]2[C@@H]3C[C@H](C)C4=CC(=O)CC[C@]4(C)[C@H]3CC[C@@]21C.O=C(O)CC1CCCC1. The summed E-state index contributed by atoms with van der Waals surface area (Å²) < 4.78 is 0. The van der Waals surface area contributed by atoms with Gasteiger partial charge in [-0.05, 0) is 99.4 Å². The Morgan fingerprint density at radius 3 is 2.29 bits per heavy atom. The summed E-state index contributed by atoms with van der Waals surface area (Å²) in [6.07, 6.45) is 13.4. The summed E-state index contributed by atoms with van der Waals surface area (Å²) in [6.45, 7) is 8.40. The van der Waals surface area contributed by atoms with E-state index < -0.39 is 11.6 Å². The van der Waals surface area contributed by atoms with E-state index in [1.54, 1.807) is 6.92 Å². The number of carbonyl (C=O) groups is 3. The molecule has 5 aliphatic carbocycles. The van der Waals surface area contributed by atoms with Crippen molar-refractivity contribution in [2.75, 3.05) is 0 Å². The summed E-state index contributed by atoms with van der Waals surface area (Å²) in [6, 6.07) is 0. The molecule has 5 heteroatoms. The van der Waals surface area contributed by atoms with E-state index in [1.165, 1.54) is 18.4 Å². The minimum atomic E-state index is -1.13. The maximum Gasteiger partial charge on any atom is 0.303 e. The molecule has 4 fully saturated rings. The van der Waals surface area contributed by atoms with Gasteiger partial charge in [0.05, 0.1) is 0 Å². The molecule has 5 nitrogen and oxygen atoms in total. The van der Waals surface area contributed by atoms with E-state index in [2.05, 4.69) is 20.8 Å². The highest BCUT2D eigenvalue weighted by atomic mass is 16.4. The van der Waals surface area contributed by atoms with Crippen LogP contribution in [0.4, 0.5) is 0 Å². The van der Waals surface area contributed by atoms with Crippen molar-refractivity contribution in [2.24, 2.45) is 40.4 Å². The smallest absolute Gasteiger partial charge is 0.303 e. The molecular weight excluding hydrogens is 428 g/mol. The Bertz CT molecular complexity index is 870. The zero-order chi connectivity index (χ0) is 24.9. The lowest BCUT2D eigenvalue weighted by Crippen LogP contribution is -2.57. The monoisotopic (exact) mass is 472 g/mol. The lowest BCUT2D eigenvalue weighted by molar-refractivity contribution is -0.161. The standard InChI is InChI=1S/C22H32O3.C7H12O2/c1-13-11-16-17(20(3)8-5-15(24)12-19(13)20)6-9-21(4)18(16)7-10-22(21,25)14(2)23;8-7(9)5-6-3-1-2-4-6/h12-13,16-18,25H,5-11H2,1-4H3;6H,1-5H2,(H,8,9)/t13-,16+,17-,18-,20+,21-,22-;/m0./s1. The molecule has 2 N–H and O–H groups in total. The van der Waals surface area contributed by atoms with E-state index in [-0.39, 0.29) is 16.6 Å². The van der Waals surface area contributed by atoms with Gasteiger partial charge in [-0.2, -0.15) is 0 Å². The Hall–Kier alpha value is -1.49. The first-order valence-electron chi connectivity index (χ1n) is 13.6. The Morgan fingerprint density at radius 1 is 1.03 bits per heavy atom.